The standard InChI is InChI=1S/C9H16N4S/c1-7-11-9(13-12-7)6-10-8-2-4-14-5-3-8/h8,10H,2-6H2,1H3,(H,11,12,13). The molecule has 0 amide bonds. The van der Waals surface area contributed by atoms with Crippen molar-refractivity contribution in [2.24, 2.45) is 0 Å². The maximum absolute atomic E-state index is 4.26. The second-order valence-corrected chi connectivity index (χ2v) is 4.83. The zero-order valence-corrected chi connectivity index (χ0v) is 9.23. The SMILES string of the molecule is Cc1nc(CNC2CCSCC2)n[nH]1. The maximum Gasteiger partial charge on any atom is 0.164 e. The van der Waals surface area contributed by atoms with Gasteiger partial charge in [-0.1, -0.05) is 0 Å². The summed E-state index contributed by atoms with van der Waals surface area (Å²) in [5, 5.41) is 10.4. The van der Waals surface area contributed by atoms with Gasteiger partial charge in [-0.2, -0.15) is 16.9 Å². The van der Waals surface area contributed by atoms with Gasteiger partial charge in [0.2, 0.25) is 0 Å². The minimum absolute atomic E-state index is 0.662. The Labute approximate surface area is 88.3 Å². The molecule has 0 aromatic carbocycles. The Morgan fingerprint density at radius 2 is 2.29 bits per heavy atom. The lowest BCUT2D eigenvalue weighted by Gasteiger charge is -2.21. The number of aryl methyl sites for hydroxylation is 1. The highest BCUT2D eigenvalue weighted by Gasteiger charge is 2.13. The van der Waals surface area contributed by atoms with E-state index >= 15 is 0 Å². The molecule has 0 spiro atoms. The van der Waals surface area contributed by atoms with Crippen LogP contribution in [0, 0.1) is 6.92 Å². The van der Waals surface area contributed by atoms with Crippen LogP contribution in [-0.2, 0) is 6.54 Å². The van der Waals surface area contributed by atoms with Crippen LogP contribution in [0.2, 0.25) is 0 Å². The van der Waals surface area contributed by atoms with Gasteiger partial charge in [-0.3, -0.25) is 5.10 Å². The summed E-state index contributed by atoms with van der Waals surface area (Å²) in [6.45, 7) is 2.72. The van der Waals surface area contributed by atoms with Crippen LogP contribution in [0.3, 0.4) is 0 Å². The summed E-state index contributed by atoms with van der Waals surface area (Å²) in [5.41, 5.74) is 0. The smallest absolute Gasteiger partial charge is 0.164 e. The van der Waals surface area contributed by atoms with Crippen molar-refractivity contribution in [2.75, 3.05) is 11.5 Å². The van der Waals surface area contributed by atoms with Crippen LogP contribution in [0.5, 0.6) is 0 Å². The van der Waals surface area contributed by atoms with E-state index < -0.39 is 0 Å². The van der Waals surface area contributed by atoms with E-state index in [1.54, 1.807) is 0 Å². The number of aromatic nitrogens is 3. The molecule has 1 aliphatic rings. The van der Waals surface area contributed by atoms with E-state index in [2.05, 4.69) is 20.5 Å². The predicted octanol–water partition coefficient (Wildman–Crippen LogP) is 1.10. The van der Waals surface area contributed by atoms with Gasteiger partial charge < -0.3 is 5.32 Å². The minimum Gasteiger partial charge on any atom is -0.307 e. The number of aromatic amines is 1. The Morgan fingerprint density at radius 1 is 1.50 bits per heavy atom. The number of hydrogen-bond donors (Lipinski definition) is 2. The van der Waals surface area contributed by atoms with Crippen molar-refractivity contribution in [2.45, 2.75) is 32.4 Å². The second kappa shape index (κ2) is 4.79. The molecule has 1 fully saturated rings. The van der Waals surface area contributed by atoms with Gasteiger partial charge in [0.15, 0.2) is 5.82 Å². The molecule has 0 unspecified atom stereocenters. The second-order valence-electron chi connectivity index (χ2n) is 3.60. The molecule has 0 radical (unpaired) electrons. The summed E-state index contributed by atoms with van der Waals surface area (Å²) in [7, 11) is 0. The van der Waals surface area contributed by atoms with Crippen LogP contribution in [0.15, 0.2) is 0 Å². The molecule has 2 N–H and O–H groups in total. The van der Waals surface area contributed by atoms with Crippen molar-refractivity contribution in [1.82, 2.24) is 20.5 Å². The van der Waals surface area contributed by atoms with E-state index in [1.165, 1.54) is 24.3 Å². The van der Waals surface area contributed by atoms with Gasteiger partial charge >= 0.3 is 0 Å². The van der Waals surface area contributed by atoms with Gasteiger partial charge in [-0.25, -0.2) is 4.98 Å². The molecule has 1 saturated heterocycles. The number of hydrogen-bond acceptors (Lipinski definition) is 4. The number of nitrogens with one attached hydrogen (secondary N) is 2. The molecule has 2 heterocycles. The summed E-state index contributed by atoms with van der Waals surface area (Å²) >= 11 is 2.05. The monoisotopic (exact) mass is 212 g/mol. The van der Waals surface area contributed by atoms with Gasteiger partial charge in [0, 0.05) is 6.04 Å². The van der Waals surface area contributed by atoms with Gasteiger partial charge in [-0.05, 0) is 31.3 Å². The Balaban J connectivity index is 1.76. The molecule has 0 saturated carbocycles. The first kappa shape index (κ1) is 9.98. The molecule has 0 aliphatic carbocycles. The van der Waals surface area contributed by atoms with Crippen molar-refractivity contribution in [3.63, 3.8) is 0 Å². The lowest BCUT2D eigenvalue weighted by molar-refractivity contribution is 0.475. The van der Waals surface area contributed by atoms with Crippen LogP contribution >= 0.6 is 11.8 Å². The third-order valence-corrected chi connectivity index (χ3v) is 3.46. The molecular weight excluding hydrogens is 196 g/mol. The highest BCUT2D eigenvalue weighted by atomic mass is 32.2. The van der Waals surface area contributed by atoms with Crippen molar-refractivity contribution in [3.05, 3.63) is 11.6 Å². The lowest BCUT2D eigenvalue weighted by atomic mass is 10.1. The zero-order chi connectivity index (χ0) is 9.80. The lowest BCUT2D eigenvalue weighted by Crippen LogP contribution is -2.32. The molecule has 1 aromatic heterocycles. The van der Waals surface area contributed by atoms with Crippen molar-refractivity contribution in [3.8, 4) is 0 Å². The first-order chi connectivity index (χ1) is 6.84. The molecule has 4 nitrogen and oxygen atoms in total. The van der Waals surface area contributed by atoms with E-state index in [0.717, 1.165) is 18.2 Å². The van der Waals surface area contributed by atoms with Crippen LogP contribution in [0.1, 0.15) is 24.5 Å². The van der Waals surface area contributed by atoms with Crippen LogP contribution in [0.4, 0.5) is 0 Å². The molecule has 5 heteroatoms. The summed E-state index contributed by atoms with van der Waals surface area (Å²) in [4.78, 5) is 4.26. The number of rotatable bonds is 3. The van der Waals surface area contributed by atoms with Crippen molar-refractivity contribution >= 4 is 11.8 Å². The van der Waals surface area contributed by atoms with Gasteiger partial charge in [0.25, 0.3) is 0 Å². The molecule has 2 rings (SSSR count). The third kappa shape index (κ3) is 2.72. The number of nitrogens with zero attached hydrogens (tertiary/aromatic N) is 2. The first-order valence-corrected chi connectivity index (χ1v) is 6.19. The third-order valence-electron chi connectivity index (χ3n) is 2.41. The normalized spacial score (nSPS) is 18.6. The average Bonchev–Trinajstić information content (AvgIpc) is 2.63. The Hall–Kier alpha value is -0.550. The summed E-state index contributed by atoms with van der Waals surface area (Å²) in [6.07, 6.45) is 2.54. The van der Waals surface area contributed by atoms with E-state index in [1.807, 2.05) is 18.7 Å². The summed E-state index contributed by atoms with van der Waals surface area (Å²) < 4.78 is 0. The van der Waals surface area contributed by atoms with Crippen molar-refractivity contribution in [1.29, 1.82) is 0 Å². The first-order valence-electron chi connectivity index (χ1n) is 5.03. The number of H-pyrrole nitrogens is 1. The Morgan fingerprint density at radius 3 is 2.93 bits per heavy atom. The highest BCUT2D eigenvalue weighted by Crippen LogP contribution is 2.16. The quantitative estimate of drug-likeness (QED) is 0.788. The molecule has 0 atom stereocenters. The molecule has 1 aliphatic heterocycles. The van der Waals surface area contributed by atoms with Crippen LogP contribution in [-0.4, -0.2) is 32.7 Å². The molecule has 1 aromatic rings. The van der Waals surface area contributed by atoms with E-state index in [4.69, 9.17) is 0 Å². The van der Waals surface area contributed by atoms with E-state index in [9.17, 15) is 0 Å². The van der Waals surface area contributed by atoms with Crippen molar-refractivity contribution < 1.29 is 0 Å². The topological polar surface area (TPSA) is 53.6 Å². The molecule has 78 valence electrons. The summed E-state index contributed by atoms with van der Waals surface area (Å²) in [6, 6.07) is 0.662. The largest absolute Gasteiger partial charge is 0.307 e. The van der Waals surface area contributed by atoms with Gasteiger partial charge in [-0.15, -0.1) is 0 Å². The van der Waals surface area contributed by atoms with E-state index in [0.29, 0.717) is 6.04 Å². The zero-order valence-electron chi connectivity index (χ0n) is 8.42. The number of thioether (sulfide) groups is 1. The summed E-state index contributed by atoms with van der Waals surface area (Å²) in [5.74, 6) is 4.33. The van der Waals surface area contributed by atoms with E-state index in [-0.39, 0.29) is 0 Å². The van der Waals surface area contributed by atoms with Crippen LogP contribution < -0.4 is 5.32 Å². The van der Waals surface area contributed by atoms with Gasteiger partial charge in [0.05, 0.1) is 6.54 Å². The molecule has 0 bridgehead atoms. The average molecular weight is 212 g/mol. The fraction of sp³-hybridized carbons (Fsp3) is 0.778. The Bertz CT molecular complexity index is 280. The fourth-order valence-corrected chi connectivity index (χ4v) is 2.71. The van der Waals surface area contributed by atoms with Crippen LogP contribution in [0.25, 0.3) is 0 Å². The Kier molecular flexibility index (Phi) is 3.42. The highest BCUT2D eigenvalue weighted by molar-refractivity contribution is 7.99. The predicted molar refractivity (Wildman–Crippen MR) is 58.3 cm³/mol. The molecular formula is C9H16N4S. The van der Waals surface area contributed by atoms with Gasteiger partial charge in [0.1, 0.15) is 5.82 Å². The fourth-order valence-electron chi connectivity index (χ4n) is 1.61. The minimum atomic E-state index is 0.662. The maximum atomic E-state index is 4.26. The molecule has 14 heavy (non-hydrogen) atoms.